The molecule has 1 N–H and O–H groups in total. The Morgan fingerprint density at radius 1 is 1.06 bits per heavy atom. The fraction of sp³-hybridized carbons (Fsp3) is 0.720. The molecule has 33 heavy (non-hydrogen) atoms. The Bertz CT molecular complexity index is 1060. The van der Waals surface area contributed by atoms with Crippen LogP contribution in [-0.4, -0.2) is 42.3 Å². The van der Waals surface area contributed by atoms with Crippen LogP contribution in [0.2, 0.25) is 18.1 Å². The van der Waals surface area contributed by atoms with E-state index in [1.807, 2.05) is 16.7 Å². The number of benzene rings is 1. The van der Waals surface area contributed by atoms with Crippen molar-refractivity contribution in [1.82, 2.24) is 9.55 Å². The van der Waals surface area contributed by atoms with Crippen molar-refractivity contribution < 1.29 is 13.7 Å². The number of imidazole rings is 1. The van der Waals surface area contributed by atoms with E-state index in [4.69, 9.17) is 13.7 Å². The normalized spacial score (nSPS) is 25.7. The molecule has 0 radical (unpaired) electrons. The molecule has 0 unspecified atom stereocenters. The summed E-state index contributed by atoms with van der Waals surface area (Å²) in [4.78, 5) is 16.0. The van der Waals surface area contributed by atoms with Crippen molar-refractivity contribution in [2.24, 2.45) is 0 Å². The zero-order valence-electron chi connectivity index (χ0n) is 21.9. The second-order valence-corrected chi connectivity index (χ2v) is 17.2. The molecule has 1 aliphatic carbocycles. The second-order valence-electron chi connectivity index (χ2n) is 12.5. The molecule has 182 valence electrons. The van der Waals surface area contributed by atoms with E-state index >= 15 is 0 Å². The SMILES string of the molecule is CC1(C)OB(c2ccc3[nH]c(=O)n([C@H]4CC[C@H](O[Si](C)(C)C(C)(C)C)CC4)c3c2)OC1(C)C. The smallest absolute Gasteiger partial charge is 0.414 e. The molecule has 2 aliphatic rings. The van der Waals surface area contributed by atoms with Crippen molar-refractivity contribution >= 4 is 31.9 Å². The van der Waals surface area contributed by atoms with E-state index in [1.54, 1.807) is 0 Å². The quantitative estimate of drug-likeness (QED) is 0.627. The molecular formula is C25H41BN2O4Si. The highest BCUT2D eigenvalue weighted by atomic mass is 28.4. The van der Waals surface area contributed by atoms with Crippen LogP contribution in [0.5, 0.6) is 0 Å². The maximum absolute atomic E-state index is 12.9. The molecule has 2 aromatic rings. The minimum Gasteiger partial charge on any atom is -0.414 e. The molecule has 0 spiro atoms. The van der Waals surface area contributed by atoms with Gasteiger partial charge in [0.15, 0.2) is 8.32 Å². The predicted octanol–water partition coefficient (Wildman–Crippen LogP) is 5.13. The summed E-state index contributed by atoms with van der Waals surface area (Å²) in [6.45, 7) is 19.7. The van der Waals surface area contributed by atoms with Gasteiger partial charge in [-0.1, -0.05) is 26.8 Å². The second kappa shape index (κ2) is 8.11. The molecule has 8 heteroatoms. The Kier molecular flexibility index (Phi) is 6.09. The van der Waals surface area contributed by atoms with Gasteiger partial charge in [0.1, 0.15) is 0 Å². The lowest BCUT2D eigenvalue weighted by Gasteiger charge is -2.41. The molecule has 1 saturated carbocycles. The van der Waals surface area contributed by atoms with Crippen molar-refractivity contribution in [3.63, 3.8) is 0 Å². The molecule has 0 amide bonds. The van der Waals surface area contributed by atoms with E-state index < -0.39 is 26.6 Å². The van der Waals surface area contributed by atoms with E-state index in [2.05, 4.69) is 72.6 Å². The lowest BCUT2D eigenvalue weighted by Crippen LogP contribution is -2.45. The van der Waals surface area contributed by atoms with Gasteiger partial charge in [-0.05, 0) is 89.1 Å². The van der Waals surface area contributed by atoms with Gasteiger partial charge in [0, 0.05) is 12.1 Å². The first-order chi connectivity index (χ1) is 15.1. The van der Waals surface area contributed by atoms with Gasteiger partial charge in [-0.3, -0.25) is 4.57 Å². The number of hydrogen-bond donors (Lipinski definition) is 1. The molecular weight excluding hydrogens is 431 g/mol. The summed E-state index contributed by atoms with van der Waals surface area (Å²) < 4.78 is 21.1. The van der Waals surface area contributed by atoms with Gasteiger partial charge in [0.25, 0.3) is 0 Å². The lowest BCUT2D eigenvalue weighted by molar-refractivity contribution is 0.00578. The van der Waals surface area contributed by atoms with Gasteiger partial charge in [0.05, 0.1) is 22.2 Å². The van der Waals surface area contributed by atoms with Gasteiger partial charge >= 0.3 is 12.8 Å². The van der Waals surface area contributed by atoms with Crippen molar-refractivity contribution in [3.8, 4) is 0 Å². The Morgan fingerprint density at radius 3 is 2.18 bits per heavy atom. The Morgan fingerprint density at radius 2 is 1.64 bits per heavy atom. The summed E-state index contributed by atoms with van der Waals surface area (Å²) in [5.74, 6) is 0. The highest BCUT2D eigenvalue weighted by molar-refractivity contribution is 6.74. The number of nitrogens with zero attached hydrogens (tertiary/aromatic N) is 1. The zero-order chi connectivity index (χ0) is 24.4. The van der Waals surface area contributed by atoms with Crippen molar-refractivity contribution in [2.75, 3.05) is 0 Å². The van der Waals surface area contributed by atoms with Crippen molar-refractivity contribution in [3.05, 3.63) is 28.7 Å². The first-order valence-corrected chi connectivity index (χ1v) is 15.3. The minimum absolute atomic E-state index is 0.0372. The summed E-state index contributed by atoms with van der Waals surface area (Å²) in [5.41, 5.74) is 1.91. The highest BCUT2D eigenvalue weighted by Gasteiger charge is 2.51. The van der Waals surface area contributed by atoms with E-state index in [9.17, 15) is 4.79 Å². The number of nitrogens with one attached hydrogen (secondary N) is 1. The molecule has 0 bridgehead atoms. The average molecular weight is 473 g/mol. The minimum atomic E-state index is -1.78. The Balaban J connectivity index is 1.54. The van der Waals surface area contributed by atoms with Crippen LogP contribution in [-0.2, 0) is 13.7 Å². The first kappa shape index (κ1) is 24.8. The van der Waals surface area contributed by atoms with Crippen LogP contribution in [0.1, 0.15) is 80.2 Å². The van der Waals surface area contributed by atoms with Crippen molar-refractivity contribution in [1.29, 1.82) is 0 Å². The predicted molar refractivity (Wildman–Crippen MR) is 138 cm³/mol. The Labute approximate surface area is 199 Å². The van der Waals surface area contributed by atoms with Crippen LogP contribution in [0.25, 0.3) is 11.0 Å². The molecule has 1 saturated heterocycles. The number of fused-ring (bicyclic) bond motifs is 1. The number of rotatable bonds is 4. The van der Waals surface area contributed by atoms with Gasteiger partial charge in [-0.25, -0.2) is 4.79 Å². The fourth-order valence-corrected chi connectivity index (χ4v) is 6.06. The molecule has 2 fully saturated rings. The largest absolute Gasteiger partial charge is 0.494 e. The third-order valence-corrected chi connectivity index (χ3v) is 13.1. The lowest BCUT2D eigenvalue weighted by atomic mass is 9.79. The topological polar surface area (TPSA) is 65.5 Å². The average Bonchev–Trinajstić information content (AvgIpc) is 3.12. The van der Waals surface area contributed by atoms with Crippen LogP contribution in [0.4, 0.5) is 0 Å². The van der Waals surface area contributed by atoms with E-state index in [0.717, 1.165) is 42.2 Å². The summed E-state index contributed by atoms with van der Waals surface area (Å²) in [6.07, 6.45) is 4.18. The third kappa shape index (κ3) is 4.52. The zero-order valence-corrected chi connectivity index (χ0v) is 22.9. The molecule has 1 aromatic heterocycles. The molecule has 6 nitrogen and oxygen atoms in total. The van der Waals surface area contributed by atoms with Gasteiger partial charge < -0.3 is 18.7 Å². The standard InChI is InChI=1S/C25H41BN2O4Si/c1-23(2,3)33(8,9)30-19-13-11-18(12-14-19)28-21-16-17(10-15-20(21)27-22(28)29)26-31-24(4,5)25(6,7)32-26/h10,15-16,18-19H,11-14H2,1-9H3,(H,27,29)/t18-,19-. The summed E-state index contributed by atoms with van der Waals surface area (Å²) in [5, 5.41) is 0.210. The number of H-pyrrole nitrogens is 1. The van der Waals surface area contributed by atoms with E-state index in [1.165, 1.54) is 0 Å². The van der Waals surface area contributed by atoms with Crippen LogP contribution in [0, 0.1) is 0 Å². The highest BCUT2D eigenvalue weighted by Crippen LogP contribution is 2.41. The first-order valence-electron chi connectivity index (χ1n) is 12.4. The Hall–Kier alpha value is -1.35. The maximum atomic E-state index is 12.9. The van der Waals surface area contributed by atoms with Gasteiger partial charge in [-0.15, -0.1) is 0 Å². The van der Waals surface area contributed by atoms with E-state index in [0.29, 0.717) is 6.10 Å². The maximum Gasteiger partial charge on any atom is 0.494 e. The molecule has 4 rings (SSSR count). The van der Waals surface area contributed by atoms with Gasteiger partial charge in [0.2, 0.25) is 0 Å². The fourth-order valence-electron chi connectivity index (χ4n) is 4.64. The summed E-state index contributed by atoms with van der Waals surface area (Å²) >= 11 is 0. The van der Waals surface area contributed by atoms with Crippen LogP contribution < -0.4 is 11.2 Å². The van der Waals surface area contributed by atoms with E-state index in [-0.39, 0.29) is 16.8 Å². The summed E-state index contributed by atoms with van der Waals surface area (Å²) in [7, 11) is -2.22. The van der Waals surface area contributed by atoms with Crippen LogP contribution >= 0.6 is 0 Å². The molecule has 2 heterocycles. The summed E-state index contributed by atoms with van der Waals surface area (Å²) in [6, 6.07) is 6.21. The molecule has 0 atom stereocenters. The van der Waals surface area contributed by atoms with Gasteiger partial charge in [-0.2, -0.15) is 0 Å². The number of aromatic amines is 1. The number of aromatic nitrogens is 2. The molecule has 1 aliphatic heterocycles. The van der Waals surface area contributed by atoms with Crippen molar-refractivity contribution in [2.45, 2.75) is 116 Å². The third-order valence-electron chi connectivity index (χ3n) is 8.54. The molecule has 1 aromatic carbocycles. The monoisotopic (exact) mass is 472 g/mol. The van der Waals surface area contributed by atoms with Crippen LogP contribution in [0.3, 0.4) is 0 Å². The van der Waals surface area contributed by atoms with Crippen LogP contribution in [0.15, 0.2) is 23.0 Å². The number of hydrogen-bond acceptors (Lipinski definition) is 4.